The topological polar surface area (TPSA) is 6.48 Å². The molecule has 0 aliphatic rings. The van der Waals surface area contributed by atoms with E-state index in [2.05, 4.69) is 210 Å². The van der Waals surface area contributed by atoms with Gasteiger partial charge in [0.25, 0.3) is 0 Å². The van der Waals surface area contributed by atoms with E-state index in [-0.39, 0.29) is 0 Å². The average Bonchev–Trinajstić information content (AvgIpc) is 3.70. The third kappa shape index (κ3) is 7.12. The number of allylic oxidation sites excluding steroid dienone is 4. The third-order valence-corrected chi connectivity index (χ3v) is 10.4. The highest BCUT2D eigenvalue weighted by molar-refractivity contribution is 7.17. The van der Waals surface area contributed by atoms with E-state index in [1.807, 2.05) is 12.2 Å². The average molecular weight is 699 g/mol. The molecule has 0 saturated carbocycles. The van der Waals surface area contributed by atoms with Gasteiger partial charge in [-0.1, -0.05) is 128 Å². The summed E-state index contributed by atoms with van der Waals surface area (Å²) in [7, 11) is 0. The van der Waals surface area contributed by atoms with Crippen LogP contribution in [0, 0.1) is 0 Å². The van der Waals surface area contributed by atoms with Gasteiger partial charge in [-0.25, -0.2) is 0 Å². The molecule has 0 N–H and O–H groups in total. The van der Waals surface area contributed by atoms with Gasteiger partial charge in [-0.15, -0.1) is 11.3 Å². The second kappa shape index (κ2) is 15.3. The van der Waals surface area contributed by atoms with Crippen molar-refractivity contribution in [1.82, 2.24) is 0 Å². The number of fused-ring (bicyclic) bond motifs is 1. The fourth-order valence-corrected chi connectivity index (χ4v) is 7.59. The van der Waals surface area contributed by atoms with Gasteiger partial charge in [-0.05, 0) is 129 Å². The maximum Gasteiger partial charge on any atom is 0.0468 e. The molecule has 3 heteroatoms. The van der Waals surface area contributed by atoms with E-state index in [4.69, 9.17) is 0 Å². The lowest BCUT2D eigenvalue weighted by atomic mass is 10.0. The number of nitrogens with zero attached hydrogens (tertiary/aromatic N) is 2. The first kappa shape index (κ1) is 33.5. The van der Waals surface area contributed by atoms with Crippen LogP contribution in [0.1, 0.15) is 5.56 Å². The lowest BCUT2D eigenvalue weighted by molar-refractivity contribution is 1.28. The highest BCUT2D eigenvalue weighted by atomic mass is 32.1. The lowest BCUT2D eigenvalue weighted by Gasteiger charge is -2.26. The fourth-order valence-electron chi connectivity index (χ4n) is 6.82. The molecular formula is C50H38N2S. The predicted octanol–water partition coefficient (Wildman–Crippen LogP) is 14.9. The first-order valence-corrected chi connectivity index (χ1v) is 18.6. The van der Waals surface area contributed by atoms with E-state index in [9.17, 15) is 0 Å². The molecule has 8 aromatic rings. The normalized spacial score (nSPS) is 11.3. The summed E-state index contributed by atoms with van der Waals surface area (Å²) < 4.78 is 1.29. The van der Waals surface area contributed by atoms with Crippen molar-refractivity contribution in [2.45, 2.75) is 0 Å². The van der Waals surface area contributed by atoms with Crippen molar-refractivity contribution < 1.29 is 0 Å². The molecule has 7 aromatic carbocycles. The van der Waals surface area contributed by atoms with Crippen molar-refractivity contribution in [2.24, 2.45) is 0 Å². The zero-order chi connectivity index (χ0) is 36.0. The largest absolute Gasteiger partial charge is 0.311 e. The minimum Gasteiger partial charge on any atom is -0.311 e. The number of para-hydroxylation sites is 1. The summed E-state index contributed by atoms with van der Waals surface area (Å²) in [5, 5.41) is 3.41. The van der Waals surface area contributed by atoms with Crippen molar-refractivity contribution in [3.63, 3.8) is 0 Å². The summed E-state index contributed by atoms with van der Waals surface area (Å²) in [5.74, 6) is 0. The van der Waals surface area contributed by atoms with Gasteiger partial charge >= 0.3 is 0 Å². The molecule has 0 spiro atoms. The Balaban J connectivity index is 1.11. The van der Waals surface area contributed by atoms with Gasteiger partial charge in [0.2, 0.25) is 0 Å². The highest BCUT2D eigenvalue weighted by Gasteiger charge is 2.16. The number of thiophene rings is 1. The zero-order valence-electron chi connectivity index (χ0n) is 29.3. The molecule has 0 saturated heterocycles. The molecule has 0 aliphatic heterocycles. The predicted molar refractivity (Wildman–Crippen MR) is 230 cm³/mol. The molecule has 53 heavy (non-hydrogen) atoms. The Morgan fingerprint density at radius 3 is 1.38 bits per heavy atom. The van der Waals surface area contributed by atoms with Crippen molar-refractivity contribution >= 4 is 61.1 Å². The summed E-state index contributed by atoms with van der Waals surface area (Å²) in [4.78, 5) is 4.62. The molecule has 1 aromatic heterocycles. The Labute approximate surface area is 316 Å². The summed E-state index contributed by atoms with van der Waals surface area (Å²) in [5.41, 5.74) is 13.5. The molecule has 0 radical (unpaired) electrons. The minimum atomic E-state index is 1.04. The van der Waals surface area contributed by atoms with E-state index in [0.29, 0.717) is 0 Å². The van der Waals surface area contributed by atoms with Crippen molar-refractivity contribution in [3.8, 4) is 22.3 Å². The van der Waals surface area contributed by atoms with Gasteiger partial charge in [-0.2, -0.15) is 0 Å². The van der Waals surface area contributed by atoms with E-state index >= 15 is 0 Å². The van der Waals surface area contributed by atoms with Crippen LogP contribution in [-0.4, -0.2) is 0 Å². The van der Waals surface area contributed by atoms with Crippen molar-refractivity contribution in [2.75, 3.05) is 9.80 Å². The van der Waals surface area contributed by atoms with Gasteiger partial charge in [0.15, 0.2) is 0 Å². The first-order valence-electron chi connectivity index (χ1n) is 17.7. The monoisotopic (exact) mass is 698 g/mol. The fraction of sp³-hybridized carbons (Fsp3) is 0. The van der Waals surface area contributed by atoms with Crippen LogP contribution in [-0.2, 0) is 0 Å². The number of hydrogen-bond donors (Lipinski definition) is 0. The third-order valence-electron chi connectivity index (χ3n) is 9.50. The van der Waals surface area contributed by atoms with Gasteiger partial charge in [0.1, 0.15) is 0 Å². The molecule has 0 bridgehead atoms. The Hall–Kier alpha value is -6.68. The summed E-state index contributed by atoms with van der Waals surface area (Å²) in [6.07, 6.45) is 5.65. The Morgan fingerprint density at radius 1 is 0.434 bits per heavy atom. The van der Waals surface area contributed by atoms with E-state index < -0.39 is 0 Å². The molecule has 0 fully saturated rings. The molecule has 0 amide bonds. The van der Waals surface area contributed by atoms with Gasteiger partial charge in [0.05, 0.1) is 0 Å². The van der Waals surface area contributed by atoms with Crippen LogP contribution in [0.5, 0.6) is 0 Å². The number of rotatable bonds is 11. The maximum absolute atomic E-state index is 4.00. The van der Waals surface area contributed by atoms with Gasteiger partial charge in [0, 0.05) is 38.8 Å². The van der Waals surface area contributed by atoms with Crippen LogP contribution in [0.15, 0.2) is 219 Å². The quantitative estimate of drug-likeness (QED) is 0.124. The molecule has 254 valence electrons. The van der Waals surface area contributed by atoms with Crippen molar-refractivity contribution in [1.29, 1.82) is 0 Å². The molecule has 1 heterocycles. The Morgan fingerprint density at radius 2 is 0.868 bits per heavy atom. The van der Waals surface area contributed by atoms with Gasteiger partial charge in [-0.3, -0.25) is 0 Å². The Bertz CT molecular complexity index is 2490. The van der Waals surface area contributed by atoms with Crippen LogP contribution < -0.4 is 9.80 Å². The van der Waals surface area contributed by atoms with Crippen LogP contribution >= 0.6 is 11.3 Å². The first-order chi connectivity index (χ1) is 26.2. The molecule has 8 rings (SSSR count). The molecule has 0 unspecified atom stereocenters. The SMILES string of the molecule is C=C/C=C(\C=C)c1ccc(N(c2ccc(-c3ccccc3)cc2)c2ccc(-c3ccc(N(c4ccccc4)c4ccc5sccc5c4)cc3)cc2)cc1. The molecular weight excluding hydrogens is 661 g/mol. The molecule has 2 nitrogen and oxygen atoms in total. The van der Waals surface area contributed by atoms with Gasteiger partial charge < -0.3 is 9.80 Å². The van der Waals surface area contributed by atoms with Crippen LogP contribution in [0.2, 0.25) is 0 Å². The molecule has 0 aliphatic carbocycles. The van der Waals surface area contributed by atoms with E-state index in [0.717, 1.165) is 56.4 Å². The number of benzene rings is 7. The zero-order valence-corrected chi connectivity index (χ0v) is 30.2. The maximum atomic E-state index is 4.00. The van der Waals surface area contributed by atoms with E-state index in [1.165, 1.54) is 21.2 Å². The summed E-state index contributed by atoms with van der Waals surface area (Å²) in [6, 6.07) is 65.1. The standard InChI is InChI=1S/C50H38N2S/c1-3-11-37(4-2)39-16-24-45(25-17-39)51(46-26-18-40(19-27-46)38-12-7-5-8-13-38)47-28-20-41(21-29-47)42-22-30-48(31-23-42)52(44-14-9-6-10-15-44)49-32-33-50-43(36-49)34-35-53-50/h3-36H,1-2H2/b37-11+. The number of anilines is 6. The van der Waals surface area contributed by atoms with Crippen LogP contribution in [0.3, 0.4) is 0 Å². The lowest BCUT2D eigenvalue weighted by Crippen LogP contribution is -2.10. The van der Waals surface area contributed by atoms with Crippen molar-refractivity contribution in [3.05, 3.63) is 224 Å². The highest BCUT2D eigenvalue weighted by Crippen LogP contribution is 2.40. The second-order valence-electron chi connectivity index (χ2n) is 12.8. The van der Waals surface area contributed by atoms with Crippen LogP contribution in [0.25, 0.3) is 37.9 Å². The smallest absolute Gasteiger partial charge is 0.0468 e. The Kier molecular flexibility index (Phi) is 9.65. The van der Waals surface area contributed by atoms with Crippen LogP contribution in [0.4, 0.5) is 34.1 Å². The second-order valence-corrected chi connectivity index (χ2v) is 13.7. The van der Waals surface area contributed by atoms with E-state index in [1.54, 1.807) is 17.4 Å². The summed E-state index contributed by atoms with van der Waals surface area (Å²) in [6.45, 7) is 7.86. The number of hydrogen-bond acceptors (Lipinski definition) is 3. The summed E-state index contributed by atoms with van der Waals surface area (Å²) >= 11 is 1.77. The minimum absolute atomic E-state index is 1.04. The molecule has 0 atom stereocenters.